The van der Waals surface area contributed by atoms with Gasteiger partial charge in [-0.15, -0.1) is 0 Å². The van der Waals surface area contributed by atoms with Crippen molar-refractivity contribution in [3.63, 3.8) is 0 Å². The van der Waals surface area contributed by atoms with Crippen molar-refractivity contribution in [1.82, 2.24) is 10.4 Å². The van der Waals surface area contributed by atoms with Gasteiger partial charge in [-0.05, 0) is 31.4 Å². The number of anilines is 1. The molecule has 0 aliphatic heterocycles. The fourth-order valence-corrected chi connectivity index (χ4v) is 1.49. The Bertz CT molecular complexity index is 306. The number of nitrogens with one attached hydrogen (secondary N) is 1. The number of nitrogen functional groups attached to an aromatic ring is 1. The highest BCUT2D eigenvalue weighted by Gasteiger charge is 2.09. The molecular formula is C11H20N4O. The summed E-state index contributed by atoms with van der Waals surface area (Å²) in [7, 11) is 0. The van der Waals surface area contributed by atoms with E-state index in [0.29, 0.717) is 6.61 Å². The van der Waals surface area contributed by atoms with Gasteiger partial charge in [-0.2, -0.15) is 0 Å². The van der Waals surface area contributed by atoms with Gasteiger partial charge in [-0.25, -0.2) is 0 Å². The first-order chi connectivity index (χ1) is 7.77. The van der Waals surface area contributed by atoms with Gasteiger partial charge in [0.1, 0.15) is 0 Å². The van der Waals surface area contributed by atoms with Gasteiger partial charge in [0.05, 0.1) is 0 Å². The fourth-order valence-electron chi connectivity index (χ4n) is 1.49. The van der Waals surface area contributed by atoms with Crippen molar-refractivity contribution < 1.29 is 4.74 Å². The zero-order chi connectivity index (χ0) is 11.8. The number of hydrogen-bond donors (Lipinski definition) is 3. The molecule has 1 aromatic heterocycles. The summed E-state index contributed by atoms with van der Waals surface area (Å²) in [5.74, 6) is 5.49. The minimum atomic E-state index is 0.165. The van der Waals surface area contributed by atoms with E-state index in [4.69, 9.17) is 16.3 Å². The number of hydrogen-bond acceptors (Lipinski definition) is 5. The Kier molecular flexibility index (Phi) is 5.77. The normalized spacial score (nSPS) is 12.6. The monoisotopic (exact) mass is 224 g/mol. The van der Waals surface area contributed by atoms with E-state index in [0.717, 1.165) is 30.7 Å². The van der Waals surface area contributed by atoms with Gasteiger partial charge in [0.2, 0.25) is 0 Å². The molecule has 90 valence electrons. The zero-order valence-electron chi connectivity index (χ0n) is 9.65. The summed E-state index contributed by atoms with van der Waals surface area (Å²) in [6, 6.07) is 1.96. The molecule has 5 N–H and O–H groups in total. The van der Waals surface area contributed by atoms with Gasteiger partial charge in [-0.3, -0.25) is 16.3 Å². The summed E-state index contributed by atoms with van der Waals surface area (Å²) in [5.41, 5.74) is 10.4. The first-order valence-electron chi connectivity index (χ1n) is 5.50. The van der Waals surface area contributed by atoms with Crippen molar-refractivity contribution in [3.8, 4) is 0 Å². The molecule has 1 rings (SSSR count). The Morgan fingerprint density at radius 1 is 1.56 bits per heavy atom. The minimum Gasteiger partial charge on any atom is -0.398 e. The molecule has 0 radical (unpaired) electrons. The fraction of sp³-hybridized carbons (Fsp3) is 0.545. The van der Waals surface area contributed by atoms with E-state index < -0.39 is 0 Å². The summed E-state index contributed by atoms with van der Waals surface area (Å²) in [5, 5.41) is 0. The second kappa shape index (κ2) is 7.16. The molecule has 0 bridgehead atoms. The Balaban J connectivity index is 2.46. The summed E-state index contributed by atoms with van der Waals surface area (Å²) in [6.07, 6.45) is 5.09. The molecule has 1 atom stereocenters. The van der Waals surface area contributed by atoms with Crippen molar-refractivity contribution in [2.45, 2.75) is 25.8 Å². The maximum atomic E-state index is 5.84. The summed E-state index contributed by atoms with van der Waals surface area (Å²) >= 11 is 0. The highest BCUT2D eigenvalue weighted by atomic mass is 16.5. The largest absolute Gasteiger partial charge is 0.398 e. The van der Waals surface area contributed by atoms with Crippen LogP contribution in [0.2, 0.25) is 0 Å². The van der Waals surface area contributed by atoms with Crippen molar-refractivity contribution in [3.05, 3.63) is 24.0 Å². The first kappa shape index (κ1) is 12.9. The molecule has 0 fully saturated rings. The van der Waals surface area contributed by atoms with Crippen LogP contribution in [0.4, 0.5) is 5.69 Å². The number of rotatable bonds is 7. The predicted octanol–water partition coefficient (Wildman–Crippen LogP) is 0.465. The lowest BCUT2D eigenvalue weighted by atomic mass is 10.0. The van der Waals surface area contributed by atoms with Crippen LogP contribution < -0.4 is 17.0 Å². The van der Waals surface area contributed by atoms with Crippen LogP contribution in [0.5, 0.6) is 0 Å². The van der Waals surface area contributed by atoms with Crippen LogP contribution >= 0.6 is 0 Å². The Morgan fingerprint density at radius 2 is 2.38 bits per heavy atom. The second-order valence-electron chi connectivity index (χ2n) is 3.63. The lowest BCUT2D eigenvalue weighted by Crippen LogP contribution is -2.37. The van der Waals surface area contributed by atoms with Gasteiger partial charge in [0.15, 0.2) is 0 Å². The Labute approximate surface area is 96.2 Å². The maximum absolute atomic E-state index is 5.84. The molecular weight excluding hydrogens is 204 g/mol. The molecule has 16 heavy (non-hydrogen) atoms. The number of hydrazine groups is 1. The van der Waals surface area contributed by atoms with E-state index in [2.05, 4.69) is 10.4 Å². The summed E-state index contributed by atoms with van der Waals surface area (Å²) in [6.45, 7) is 3.40. The molecule has 0 aliphatic rings. The van der Waals surface area contributed by atoms with Crippen molar-refractivity contribution in [1.29, 1.82) is 0 Å². The van der Waals surface area contributed by atoms with Gasteiger partial charge in [0.25, 0.3) is 0 Å². The van der Waals surface area contributed by atoms with Crippen LogP contribution in [0.3, 0.4) is 0 Å². The van der Waals surface area contributed by atoms with Crippen LogP contribution in [-0.2, 0) is 11.2 Å². The minimum absolute atomic E-state index is 0.165. The molecule has 0 aliphatic carbocycles. The topological polar surface area (TPSA) is 86.2 Å². The molecule has 1 unspecified atom stereocenters. The molecule has 0 spiro atoms. The van der Waals surface area contributed by atoms with Crippen molar-refractivity contribution >= 4 is 5.69 Å². The lowest BCUT2D eigenvalue weighted by molar-refractivity contribution is 0.136. The van der Waals surface area contributed by atoms with E-state index >= 15 is 0 Å². The summed E-state index contributed by atoms with van der Waals surface area (Å²) < 4.78 is 5.29. The number of nitrogens with two attached hydrogens (primary N) is 2. The highest BCUT2D eigenvalue weighted by molar-refractivity contribution is 5.44. The molecule has 0 saturated carbocycles. The van der Waals surface area contributed by atoms with Crippen LogP contribution in [0, 0.1) is 0 Å². The van der Waals surface area contributed by atoms with Gasteiger partial charge >= 0.3 is 0 Å². The second-order valence-corrected chi connectivity index (χ2v) is 3.63. The molecule has 5 nitrogen and oxygen atoms in total. The molecule has 1 aromatic rings. The first-order valence-corrected chi connectivity index (χ1v) is 5.50. The van der Waals surface area contributed by atoms with E-state index in [-0.39, 0.29) is 6.04 Å². The van der Waals surface area contributed by atoms with Crippen LogP contribution in [-0.4, -0.2) is 24.2 Å². The third kappa shape index (κ3) is 4.14. The van der Waals surface area contributed by atoms with Crippen molar-refractivity contribution in [2.24, 2.45) is 5.84 Å². The van der Waals surface area contributed by atoms with Gasteiger partial charge in [0, 0.05) is 37.3 Å². The number of nitrogens with zero attached hydrogens (tertiary/aromatic N) is 1. The summed E-state index contributed by atoms with van der Waals surface area (Å²) in [4.78, 5) is 4.05. The Hall–Kier alpha value is -1.17. The molecule has 0 amide bonds. The Morgan fingerprint density at radius 3 is 3.00 bits per heavy atom. The van der Waals surface area contributed by atoms with Crippen molar-refractivity contribution in [2.75, 3.05) is 18.9 Å². The quantitative estimate of drug-likeness (QED) is 0.356. The van der Waals surface area contributed by atoms with Crippen LogP contribution in [0.25, 0.3) is 0 Å². The average molecular weight is 224 g/mol. The highest BCUT2D eigenvalue weighted by Crippen LogP contribution is 2.12. The van der Waals surface area contributed by atoms with E-state index in [1.54, 1.807) is 18.5 Å². The molecule has 0 saturated heterocycles. The predicted molar refractivity (Wildman–Crippen MR) is 64.6 cm³/mol. The SMILES string of the molecule is CCOCCC(Cc1cnccc1N)NN. The van der Waals surface area contributed by atoms with Crippen LogP contribution in [0.15, 0.2) is 18.5 Å². The number of pyridine rings is 1. The number of aromatic nitrogens is 1. The molecule has 5 heteroatoms. The smallest absolute Gasteiger partial charge is 0.0481 e. The third-order valence-electron chi connectivity index (χ3n) is 2.46. The van der Waals surface area contributed by atoms with E-state index in [1.165, 1.54) is 0 Å². The standard InChI is InChI=1S/C11H20N4O/c1-2-16-6-4-10(15-13)7-9-8-14-5-3-11(9)12/h3,5,8,10,15H,2,4,6-7,13H2,1H3,(H2,12,14). The maximum Gasteiger partial charge on any atom is 0.0481 e. The van der Waals surface area contributed by atoms with E-state index in [9.17, 15) is 0 Å². The molecule has 1 heterocycles. The van der Waals surface area contributed by atoms with Gasteiger partial charge < -0.3 is 10.5 Å². The third-order valence-corrected chi connectivity index (χ3v) is 2.46. The number of ether oxygens (including phenoxy) is 1. The lowest BCUT2D eigenvalue weighted by Gasteiger charge is -2.16. The van der Waals surface area contributed by atoms with Gasteiger partial charge in [-0.1, -0.05) is 0 Å². The zero-order valence-corrected chi connectivity index (χ0v) is 9.65. The van der Waals surface area contributed by atoms with Crippen LogP contribution in [0.1, 0.15) is 18.9 Å². The average Bonchev–Trinajstić information content (AvgIpc) is 2.30. The van der Waals surface area contributed by atoms with E-state index in [1.807, 2.05) is 6.92 Å². The molecule has 0 aromatic carbocycles.